The minimum atomic E-state index is -1.02. The monoisotopic (exact) mass is 384 g/mol. The van der Waals surface area contributed by atoms with Crippen molar-refractivity contribution in [3.05, 3.63) is 65.6 Å². The average molecular weight is 384 g/mol. The van der Waals surface area contributed by atoms with Gasteiger partial charge in [0.15, 0.2) is 11.6 Å². The van der Waals surface area contributed by atoms with E-state index in [2.05, 4.69) is 15.5 Å². The van der Waals surface area contributed by atoms with Gasteiger partial charge in [0, 0.05) is 23.9 Å². The normalized spacial score (nSPS) is 16.4. The van der Waals surface area contributed by atoms with Gasteiger partial charge in [0.2, 0.25) is 11.7 Å². The Morgan fingerprint density at radius 1 is 1.21 bits per heavy atom. The first-order chi connectivity index (χ1) is 13.5. The highest BCUT2D eigenvalue weighted by Gasteiger charge is 2.34. The molecule has 0 spiro atoms. The van der Waals surface area contributed by atoms with Gasteiger partial charge in [0.05, 0.1) is 0 Å². The molecule has 0 saturated carbocycles. The van der Waals surface area contributed by atoms with E-state index < -0.39 is 17.7 Å². The number of halogens is 2. The van der Waals surface area contributed by atoms with E-state index in [0.717, 1.165) is 29.7 Å². The van der Waals surface area contributed by atoms with E-state index >= 15 is 0 Å². The van der Waals surface area contributed by atoms with Crippen LogP contribution in [0.4, 0.5) is 19.3 Å². The highest BCUT2D eigenvalue weighted by Crippen LogP contribution is 2.32. The lowest BCUT2D eigenvalue weighted by molar-refractivity contribution is 0.193. The molecule has 4 rings (SSSR count). The topological polar surface area (TPSA) is 71.3 Å². The number of hydrogen-bond donors (Lipinski definition) is 1. The van der Waals surface area contributed by atoms with Crippen molar-refractivity contribution in [2.75, 3.05) is 11.9 Å². The van der Waals surface area contributed by atoms with Crippen molar-refractivity contribution < 1.29 is 18.1 Å². The van der Waals surface area contributed by atoms with E-state index in [4.69, 9.17) is 4.52 Å². The highest BCUT2D eigenvalue weighted by atomic mass is 19.2. The van der Waals surface area contributed by atoms with Gasteiger partial charge < -0.3 is 14.7 Å². The molecular weight excluding hydrogens is 366 g/mol. The molecule has 28 heavy (non-hydrogen) atoms. The zero-order valence-corrected chi connectivity index (χ0v) is 15.2. The number of hydrogen-bond acceptors (Lipinski definition) is 4. The molecule has 1 saturated heterocycles. The molecule has 1 unspecified atom stereocenters. The number of aryl methyl sites for hydroxylation is 1. The molecule has 3 aromatic rings. The zero-order valence-electron chi connectivity index (χ0n) is 15.2. The van der Waals surface area contributed by atoms with E-state index in [0.29, 0.717) is 24.7 Å². The van der Waals surface area contributed by atoms with Crippen molar-refractivity contribution in [2.45, 2.75) is 25.8 Å². The number of urea groups is 1. The molecule has 1 aliphatic rings. The van der Waals surface area contributed by atoms with Gasteiger partial charge in [0.25, 0.3) is 0 Å². The second-order valence-electron chi connectivity index (χ2n) is 6.74. The summed E-state index contributed by atoms with van der Waals surface area (Å²) in [6, 6.07) is 10.2. The van der Waals surface area contributed by atoms with Crippen LogP contribution >= 0.6 is 0 Å². The van der Waals surface area contributed by atoms with Gasteiger partial charge in [-0.25, -0.2) is 13.6 Å². The van der Waals surface area contributed by atoms with E-state index in [9.17, 15) is 13.6 Å². The molecule has 1 N–H and O–H groups in total. The van der Waals surface area contributed by atoms with Gasteiger partial charge in [-0.1, -0.05) is 28.9 Å². The van der Waals surface area contributed by atoms with Crippen molar-refractivity contribution in [3.8, 4) is 11.4 Å². The summed E-state index contributed by atoms with van der Waals surface area (Å²) in [6.45, 7) is 2.48. The Labute approximate surface area is 160 Å². The molecule has 1 aromatic heterocycles. The van der Waals surface area contributed by atoms with Crippen LogP contribution in [0.15, 0.2) is 47.0 Å². The number of amides is 2. The number of nitrogens with zero attached hydrogens (tertiary/aromatic N) is 3. The van der Waals surface area contributed by atoms with Crippen molar-refractivity contribution in [3.63, 3.8) is 0 Å². The fourth-order valence-electron chi connectivity index (χ4n) is 3.31. The lowest BCUT2D eigenvalue weighted by Gasteiger charge is -2.22. The second-order valence-corrected chi connectivity index (χ2v) is 6.74. The molecule has 2 heterocycles. The average Bonchev–Trinajstić information content (AvgIpc) is 3.33. The molecule has 2 amide bonds. The summed E-state index contributed by atoms with van der Waals surface area (Å²) < 4.78 is 31.8. The predicted octanol–water partition coefficient (Wildman–Crippen LogP) is 4.69. The molecule has 8 heteroatoms. The summed E-state index contributed by atoms with van der Waals surface area (Å²) in [6.07, 6.45) is 1.46. The summed E-state index contributed by atoms with van der Waals surface area (Å²) in [5.41, 5.74) is 2.10. The number of aromatic nitrogens is 2. The largest absolute Gasteiger partial charge is 0.337 e. The molecule has 1 aliphatic heterocycles. The fraction of sp³-hybridized carbons (Fsp3) is 0.250. The van der Waals surface area contributed by atoms with Crippen molar-refractivity contribution >= 4 is 11.7 Å². The highest BCUT2D eigenvalue weighted by molar-refractivity contribution is 5.89. The van der Waals surface area contributed by atoms with Gasteiger partial charge in [-0.2, -0.15) is 4.98 Å². The van der Waals surface area contributed by atoms with Crippen LogP contribution in [-0.2, 0) is 0 Å². The fourth-order valence-corrected chi connectivity index (χ4v) is 3.31. The first kappa shape index (κ1) is 18.1. The smallest absolute Gasteiger partial charge is 0.322 e. The summed E-state index contributed by atoms with van der Waals surface area (Å²) in [5, 5.41) is 6.62. The number of anilines is 1. The van der Waals surface area contributed by atoms with Crippen LogP contribution in [-0.4, -0.2) is 27.6 Å². The molecule has 1 fully saturated rings. The van der Waals surface area contributed by atoms with Crippen molar-refractivity contribution in [1.29, 1.82) is 0 Å². The third-order valence-electron chi connectivity index (χ3n) is 4.69. The third kappa shape index (κ3) is 3.58. The van der Waals surface area contributed by atoms with Crippen LogP contribution in [0.5, 0.6) is 0 Å². The summed E-state index contributed by atoms with van der Waals surface area (Å²) in [4.78, 5) is 18.6. The van der Waals surface area contributed by atoms with Crippen molar-refractivity contribution in [2.24, 2.45) is 0 Å². The van der Waals surface area contributed by atoms with Crippen molar-refractivity contribution in [1.82, 2.24) is 15.0 Å². The standard InChI is InChI=1S/C20H18F2N4O2/c1-12-4-2-5-13(10-12)18-24-19(28-25-18)17-6-3-9-26(17)20(27)23-14-7-8-15(21)16(22)11-14/h2,4-5,7-8,10-11,17H,3,6,9H2,1H3,(H,23,27). The lowest BCUT2D eigenvalue weighted by atomic mass is 10.1. The Kier molecular flexibility index (Phi) is 4.77. The molecule has 0 bridgehead atoms. The van der Waals surface area contributed by atoms with Crippen LogP contribution in [0.3, 0.4) is 0 Å². The molecular formula is C20H18F2N4O2. The predicted molar refractivity (Wildman–Crippen MR) is 98.5 cm³/mol. The van der Waals surface area contributed by atoms with Gasteiger partial charge in [-0.3, -0.25) is 0 Å². The minimum absolute atomic E-state index is 0.181. The van der Waals surface area contributed by atoms with E-state index in [1.54, 1.807) is 4.90 Å². The lowest BCUT2D eigenvalue weighted by Crippen LogP contribution is -2.34. The molecule has 6 nitrogen and oxygen atoms in total. The maximum atomic E-state index is 13.4. The molecule has 1 atom stereocenters. The second kappa shape index (κ2) is 7.38. The number of carbonyl (C=O) groups is 1. The van der Waals surface area contributed by atoms with Crippen LogP contribution in [0.1, 0.15) is 30.3 Å². The van der Waals surface area contributed by atoms with Gasteiger partial charge in [-0.15, -0.1) is 0 Å². The SMILES string of the molecule is Cc1cccc(-c2noc(C3CCCN3C(=O)Nc3ccc(F)c(F)c3)n2)c1. The molecule has 2 aromatic carbocycles. The maximum absolute atomic E-state index is 13.4. The zero-order chi connectivity index (χ0) is 19.7. The number of nitrogens with one attached hydrogen (secondary N) is 1. The maximum Gasteiger partial charge on any atom is 0.322 e. The molecule has 144 valence electrons. The third-order valence-corrected chi connectivity index (χ3v) is 4.69. The summed E-state index contributed by atoms with van der Waals surface area (Å²) in [7, 11) is 0. The first-order valence-electron chi connectivity index (χ1n) is 8.94. The Morgan fingerprint density at radius 3 is 2.86 bits per heavy atom. The van der Waals surface area contributed by atoms with Crippen LogP contribution < -0.4 is 5.32 Å². The Morgan fingerprint density at radius 2 is 2.07 bits per heavy atom. The van der Waals surface area contributed by atoms with Gasteiger partial charge in [0.1, 0.15) is 6.04 Å². The summed E-state index contributed by atoms with van der Waals surface area (Å²) in [5.74, 6) is -1.16. The number of carbonyl (C=O) groups excluding carboxylic acids is 1. The van der Waals surface area contributed by atoms with E-state index in [1.807, 2.05) is 31.2 Å². The van der Waals surface area contributed by atoms with Gasteiger partial charge >= 0.3 is 6.03 Å². The van der Waals surface area contributed by atoms with Crippen LogP contribution in [0, 0.1) is 18.6 Å². The van der Waals surface area contributed by atoms with Crippen LogP contribution in [0.2, 0.25) is 0 Å². The molecule has 0 radical (unpaired) electrons. The Balaban J connectivity index is 1.52. The number of rotatable bonds is 3. The van der Waals surface area contributed by atoms with E-state index in [-0.39, 0.29) is 11.7 Å². The molecule has 0 aliphatic carbocycles. The van der Waals surface area contributed by atoms with Gasteiger partial charge in [-0.05, 0) is 38.0 Å². The minimum Gasteiger partial charge on any atom is -0.337 e. The summed E-state index contributed by atoms with van der Waals surface area (Å²) >= 11 is 0. The number of benzene rings is 2. The van der Waals surface area contributed by atoms with Crippen LogP contribution in [0.25, 0.3) is 11.4 Å². The Hall–Kier alpha value is -3.29. The quantitative estimate of drug-likeness (QED) is 0.711. The number of likely N-dealkylation sites (tertiary alicyclic amines) is 1. The first-order valence-corrected chi connectivity index (χ1v) is 8.94. The Bertz CT molecular complexity index is 1020. The van der Waals surface area contributed by atoms with E-state index in [1.165, 1.54) is 6.07 Å².